The highest BCUT2D eigenvalue weighted by atomic mass is 19.4. The average molecular weight is 249 g/mol. The molecule has 1 rings (SSSR count). The fourth-order valence-electron chi connectivity index (χ4n) is 1.43. The summed E-state index contributed by atoms with van der Waals surface area (Å²) in [6, 6.07) is 3.85. The van der Waals surface area contributed by atoms with Crippen molar-refractivity contribution in [2.24, 2.45) is 0 Å². The van der Waals surface area contributed by atoms with Crippen molar-refractivity contribution in [1.82, 2.24) is 5.32 Å². The van der Waals surface area contributed by atoms with Crippen molar-refractivity contribution in [3.8, 4) is 5.75 Å². The van der Waals surface area contributed by atoms with E-state index in [2.05, 4.69) is 5.32 Å². The molecule has 0 spiro atoms. The van der Waals surface area contributed by atoms with E-state index in [1.165, 1.54) is 31.4 Å². The number of aliphatic hydroxyl groups excluding tert-OH is 1. The molecule has 0 aliphatic rings. The van der Waals surface area contributed by atoms with Gasteiger partial charge in [0.05, 0.1) is 13.7 Å². The van der Waals surface area contributed by atoms with Gasteiger partial charge in [-0.15, -0.1) is 0 Å². The van der Waals surface area contributed by atoms with Crippen LogP contribution in [0.4, 0.5) is 13.2 Å². The Labute approximate surface area is 97.2 Å². The first kappa shape index (κ1) is 13.8. The normalized spacial score (nSPS) is 13.5. The number of ether oxygens (including phenoxy) is 1. The first-order valence-corrected chi connectivity index (χ1v) is 5.04. The van der Waals surface area contributed by atoms with E-state index < -0.39 is 12.2 Å². The van der Waals surface area contributed by atoms with Gasteiger partial charge in [0.15, 0.2) is 0 Å². The number of aliphatic hydroxyl groups is 1. The SMILES string of the molecule is COc1ccc([C@@H](NCCO)C(F)(F)F)cc1. The molecule has 0 saturated heterocycles. The molecule has 1 aromatic rings. The zero-order valence-corrected chi connectivity index (χ0v) is 9.29. The van der Waals surface area contributed by atoms with Gasteiger partial charge >= 0.3 is 6.18 Å². The van der Waals surface area contributed by atoms with E-state index >= 15 is 0 Å². The lowest BCUT2D eigenvalue weighted by Gasteiger charge is -2.21. The topological polar surface area (TPSA) is 41.5 Å². The molecule has 0 amide bonds. The van der Waals surface area contributed by atoms with Crippen molar-refractivity contribution in [1.29, 1.82) is 0 Å². The molecule has 0 radical (unpaired) electrons. The number of hydrogen-bond acceptors (Lipinski definition) is 3. The summed E-state index contributed by atoms with van der Waals surface area (Å²) in [5, 5.41) is 10.8. The third kappa shape index (κ3) is 3.90. The fourth-order valence-corrected chi connectivity index (χ4v) is 1.43. The van der Waals surface area contributed by atoms with Gasteiger partial charge in [0.1, 0.15) is 11.8 Å². The smallest absolute Gasteiger partial charge is 0.407 e. The predicted molar refractivity (Wildman–Crippen MR) is 56.9 cm³/mol. The monoisotopic (exact) mass is 249 g/mol. The second kappa shape index (κ2) is 5.88. The van der Waals surface area contributed by atoms with Crippen LogP contribution in [-0.2, 0) is 0 Å². The van der Waals surface area contributed by atoms with Crippen molar-refractivity contribution in [3.63, 3.8) is 0 Å². The molecule has 0 saturated carbocycles. The van der Waals surface area contributed by atoms with E-state index in [0.29, 0.717) is 5.75 Å². The summed E-state index contributed by atoms with van der Waals surface area (Å²) in [4.78, 5) is 0. The molecular weight excluding hydrogens is 235 g/mol. The van der Waals surface area contributed by atoms with Crippen LogP contribution < -0.4 is 10.1 Å². The van der Waals surface area contributed by atoms with Crippen LogP contribution in [0.3, 0.4) is 0 Å². The van der Waals surface area contributed by atoms with Crippen molar-refractivity contribution in [2.75, 3.05) is 20.3 Å². The van der Waals surface area contributed by atoms with Crippen molar-refractivity contribution in [2.45, 2.75) is 12.2 Å². The number of benzene rings is 1. The molecule has 0 aliphatic carbocycles. The lowest BCUT2D eigenvalue weighted by atomic mass is 10.1. The minimum absolute atomic E-state index is 0.0896. The molecule has 1 atom stereocenters. The van der Waals surface area contributed by atoms with Crippen molar-refractivity contribution in [3.05, 3.63) is 29.8 Å². The lowest BCUT2D eigenvalue weighted by molar-refractivity contribution is -0.158. The zero-order valence-electron chi connectivity index (χ0n) is 9.29. The highest BCUT2D eigenvalue weighted by molar-refractivity contribution is 5.29. The van der Waals surface area contributed by atoms with Gasteiger partial charge in [0.2, 0.25) is 0 Å². The first-order chi connectivity index (χ1) is 7.99. The van der Waals surface area contributed by atoms with Crippen LogP contribution in [0.5, 0.6) is 5.75 Å². The van der Waals surface area contributed by atoms with Gasteiger partial charge in [-0.1, -0.05) is 12.1 Å². The van der Waals surface area contributed by atoms with E-state index in [4.69, 9.17) is 9.84 Å². The minimum Gasteiger partial charge on any atom is -0.497 e. The number of rotatable bonds is 5. The maximum Gasteiger partial charge on any atom is 0.407 e. The van der Waals surface area contributed by atoms with Gasteiger partial charge in [-0.25, -0.2) is 0 Å². The van der Waals surface area contributed by atoms with Crippen LogP contribution in [0.2, 0.25) is 0 Å². The molecule has 2 N–H and O–H groups in total. The predicted octanol–water partition coefficient (Wildman–Crippen LogP) is 1.88. The standard InChI is InChI=1S/C11H14F3NO2/c1-17-9-4-2-8(3-5-9)10(11(12,13)14)15-6-7-16/h2-5,10,15-16H,6-7H2,1H3/t10-/m1/s1. The maximum absolute atomic E-state index is 12.7. The Balaban J connectivity index is 2.88. The Kier molecular flexibility index (Phi) is 4.77. The molecule has 1 aromatic carbocycles. The zero-order chi connectivity index (χ0) is 12.9. The summed E-state index contributed by atoms with van der Waals surface area (Å²) < 4.78 is 43.1. The van der Waals surface area contributed by atoms with Crippen LogP contribution >= 0.6 is 0 Å². The molecule has 96 valence electrons. The largest absolute Gasteiger partial charge is 0.497 e. The van der Waals surface area contributed by atoms with Crippen LogP contribution in [0.15, 0.2) is 24.3 Å². The number of alkyl halides is 3. The molecule has 0 fully saturated rings. The summed E-state index contributed by atoms with van der Waals surface area (Å²) in [6.45, 7) is -0.459. The molecule has 17 heavy (non-hydrogen) atoms. The second-order valence-electron chi connectivity index (χ2n) is 3.43. The van der Waals surface area contributed by atoms with Gasteiger partial charge in [-0.3, -0.25) is 0 Å². The summed E-state index contributed by atoms with van der Waals surface area (Å²) in [6.07, 6.45) is -4.40. The number of nitrogens with one attached hydrogen (secondary N) is 1. The van der Waals surface area contributed by atoms with Crippen LogP contribution in [0, 0.1) is 0 Å². The summed E-state index contributed by atoms with van der Waals surface area (Å²) in [5.74, 6) is 0.497. The molecule has 6 heteroatoms. The summed E-state index contributed by atoms with van der Waals surface area (Å²) in [5.41, 5.74) is 0.0896. The average Bonchev–Trinajstić information content (AvgIpc) is 2.29. The van der Waals surface area contributed by atoms with E-state index in [9.17, 15) is 13.2 Å². The molecule has 0 bridgehead atoms. The van der Waals surface area contributed by atoms with Gasteiger partial charge in [-0.05, 0) is 17.7 Å². The van der Waals surface area contributed by atoms with Gasteiger partial charge in [-0.2, -0.15) is 13.2 Å². The third-order valence-electron chi connectivity index (χ3n) is 2.24. The molecule has 0 aromatic heterocycles. The first-order valence-electron chi connectivity index (χ1n) is 5.04. The second-order valence-corrected chi connectivity index (χ2v) is 3.43. The fraction of sp³-hybridized carbons (Fsp3) is 0.455. The summed E-state index contributed by atoms with van der Waals surface area (Å²) in [7, 11) is 1.44. The van der Waals surface area contributed by atoms with Crippen molar-refractivity contribution >= 4 is 0 Å². The van der Waals surface area contributed by atoms with Crippen LogP contribution in [0.25, 0.3) is 0 Å². The van der Waals surface area contributed by atoms with E-state index in [1.54, 1.807) is 0 Å². The highest BCUT2D eigenvalue weighted by Crippen LogP contribution is 2.33. The molecular formula is C11H14F3NO2. The minimum atomic E-state index is -4.40. The Morgan fingerprint density at radius 2 is 1.88 bits per heavy atom. The number of methoxy groups -OCH3 is 1. The molecule has 0 heterocycles. The lowest BCUT2D eigenvalue weighted by Crippen LogP contribution is -2.35. The Bertz CT molecular complexity index is 338. The quantitative estimate of drug-likeness (QED) is 0.837. The third-order valence-corrected chi connectivity index (χ3v) is 2.24. The number of halogens is 3. The van der Waals surface area contributed by atoms with Gasteiger partial charge in [0.25, 0.3) is 0 Å². The highest BCUT2D eigenvalue weighted by Gasteiger charge is 2.40. The van der Waals surface area contributed by atoms with Crippen LogP contribution in [0.1, 0.15) is 11.6 Å². The van der Waals surface area contributed by atoms with Crippen molar-refractivity contribution < 1.29 is 23.0 Å². The van der Waals surface area contributed by atoms with Gasteiger partial charge in [0, 0.05) is 6.54 Å². The molecule has 0 unspecified atom stereocenters. The molecule has 3 nitrogen and oxygen atoms in total. The van der Waals surface area contributed by atoms with E-state index in [0.717, 1.165) is 0 Å². The van der Waals surface area contributed by atoms with Crippen LogP contribution in [-0.4, -0.2) is 31.5 Å². The van der Waals surface area contributed by atoms with Gasteiger partial charge < -0.3 is 15.2 Å². The Morgan fingerprint density at radius 3 is 2.29 bits per heavy atom. The number of hydrogen-bond donors (Lipinski definition) is 2. The van der Waals surface area contributed by atoms with E-state index in [1.807, 2.05) is 0 Å². The molecule has 0 aliphatic heterocycles. The maximum atomic E-state index is 12.7. The summed E-state index contributed by atoms with van der Waals surface area (Å²) >= 11 is 0. The Hall–Kier alpha value is -1.27. The Morgan fingerprint density at radius 1 is 1.29 bits per heavy atom. The van der Waals surface area contributed by atoms with E-state index in [-0.39, 0.29) is 18.7 Å².